The van der Waals surface area contributed by atoms with Gasteiger partial charge >= 0.3 is 0 Å². The van der Waals surface area contributed by atoms with E-state index in [1.165, 1.54) is 10.9 Å². The fourth-order valence-corrected chi connectivity index (χ4v) is 2.20. The van der Waals surface area contributed by atoms with Crippen molar-refractivity contribution < 1.29 is 4.79 Å². The highest BCUT2D eigenvalue weighted by atomic mass is 16.1. The number of nitrogens with two attached hydrogens (primary N) is 1. The molecule has 0 saturated heterocycles. The number of H-pyrrole nitrogens is 1. The molecule has 0 bridgehead atoms. The second-order valence-electron chi connectivity index (χ2n) is 4.91. The van der Waals surface area contributed by atoms with E-state index in [4.69, 9.17) is 5.73 Å². The molecule has 1 unspecified atom stereocenters. The Morgan fingerprint density at radius 1 is 1.39 bits per heavy atom. The van der Waals surface area contributed by atoms with E-state index in [1.54, 1.807) is 0 Å². The van der Waals surface area contributed by atoms with Gasteiger partial charge in [0.25, 0.3) is 0 Å². The number of rotatable bonds is 5. The Bertz CT molecular complexity index is 557. The number of aryl methyl sites for hydroxylation is 1. The number of aromatic amines is 1. The molecule has 96 valence electrons. The number of fused-ring (bicyclic) bond motifs is 1. The van der Waals surface area contributed by atoms with E-state index < -0.39 is 0 Å². The molecule has 0 saturated carbocycles. The molecule has 18 heavy (non-hydrogen) atoms. The summed E-state index contributed by atoms with van der Waals surface area (Å²) in [6.07, 6.45) is 2.02. The highest BCUT2D eigenvalue weighted by Crippen LogP contribution is 2.18. The number of nitrogens with one attached hydrogen (secondary N) is 1. The lowest BCUT2D eigenvalue weighted by Gasteiger charge is -2.08. The molecule has 0 aliphatic heterocycles. The van der Waals surface area contributed by atoms with Crippen molar-refractivity contribution in [2.75, 3.05) is 0 Å². The van der Waals surface area contributed by atoms with E-state index in [2.05, 4.69) is 36.2 Å². The summed E-state index contributed by atoms with van der Waals surface area (Å²) in [6, 6.07) is 7.97. The number of Topliss-reactive ketones (excluding diaryl/α,β-unsaturated/α-hetero) is 1. The maximum Gasteiger partial charge on any atom is 0.149 e. The molecule has 0 spiro atoms. The van der Waals surface area contributed by atoms with Crippen LogP contribution in [0.3, 0.4) is 0 Å². The summed E-state index contributed by atoms with van der Waals surface area (Å²) >= 11 is 0. The fraction of sp³-hybridized carbons (Fsp3) is 0.400. The Hall–Kier alpha value is -1.61. The molecule has 3 N–H and O–H groups in total. The number of ketones is 1. The van der Waals surface area contributed by atoms with Gasteiger partial charge in [-0.15, -0.1) is 0 Å². The van der Waals surface area contributed by atoms with Crippen LogP contribution in [0.15, 0.2) is 24.3 Å². The van der Waals surface area contributed by atoms with Gasteiger partial charge in [0.05, 0.1) is 6.04 Å². The standard InChI is InChI=1S/C15H20N2O/c1-3-4-15(18)13(16)9-12-8-11-7-10(2)5-6-14(11)17-12/h5-8,13,17H,3-4,9,16H2,1-2H3. The van der Waals surface area contributed by atoms with Crippen molar-refractivity contribution in [1.82, 2.24) is 4.98 Å². The van der Waals surface area contributed by atoms with E-state index in [0.717, 1.165) is 17.6 Å². The van der Waals surface area contributed by atoms with Crippen LogP contribution < -0.4 is 5.73 Å². The third-order valence-electron chi connectivity index (χ3n) is 3.18. The molecule has 1 heterocycles. The van der Waals surface area contributed by atoms with Crippen LogP contribution in [0, 0.1) is 6.92 Å². The lowest BCUT2D eigenvalue weighted by Crippen LogP contribution is -2.32. The zero-order chi connectivity index (χ0) is 13.1. The summed E-state index contributed by atoms with van der Waals surface area (Å²) < 4.78 is 0. The summed E-state index contributed by atoms with van der Waals surface area (Å²) in [5, 5.41) is 1.18. The predicted octanol–water partition coefficient (Wildman–Crippen LogP) is 2.72. The Morgan fingerprint density at radius 3 is 2.89 bits per heavy atom. The van der Waals surface area contributed by atoms with Crippen LogP contribution >= 0.6 is 0 Å². The molecular formula is C15H20N2O. The van der Waals surface area contributed by atoms with Crippen LogP contribution in [0.25, 0.3) is 10.9 Å². The zero-order valence-electron chi connectivity index (χ0n) is 11.0. The molecule has 3 heteroatoms. The van der Waals surface area contributed by atoms with Gasteiger partial charge in [0.2, 0.25) is 0 Å². The highest BCUT2D eigenvalue weighted by Gasteiger charge is 2.14. The van der Waals surface area contributed by atoms with Gasteiger partial charge in [0.15, 0.2) is 0 Å². The number of benzene rings is 1. The Morgan fingerprint density at radius 2 is 2.17 bits per heavy atom. The molecule has 0 aliphatic rings. The van der Waals surface area contributed by atoms with Gasteiger partial charge in [-0.1, -0.05) is 18.6 Å². The van der Waals surface area contributed by atoms with Crippen molar-refractivity contribution in [3.63, 3.8) is 0 Å². The second kappa shape index (κ2) is 5.36. The highest BCUT2D eigenvalue weighted by molar-refractivity contribution is 5.85. The minimum atomic E-state index is -0.390. The number of aromatic nitrogens is 1. The van der Waals surface area contributed by atoms with Gasteiger partial charge in [0, 0.05) is 24.1 Å². The third kappa shape index (κ3) is 2.79. The van der Waals surface area contributed by atoms with Crippen molar-refractivity contribution in [2.24, 2.45) is 5.73 Å². The van der Waals surface area contributed by atoms with Crippen LogP contribution in [0.4, 0.5) is 0 Å². The molecule has 0 aliphatic carbocycles. The first-order valence-corrected chi connectivity index (χ1v) is 6.46. The lowest BCUT2D eigenvalue weighted by atomic mass is 10.0. The van der Waals surface area contributed by atoms with Crippen molar-refractivity contribution in [3.05, 3.63) is 35.5 Å². The van der Waals surface area contributed by atoms with Crippen LogP contribution in [-0.4, -0.2) is 16.8 Å². The summed E-state index contributed by atoms with van der Waals surface area (Å²) in [5.74, 6) is 0.146. The van der Waals surface area contributed by atoms with Crippen LogP contribution in [0.5, 0.6) is 0 Å². The first-order valence-electron chi connectivity index (χ1n) is 6.46. The Kier molecular flexibility index (Phi) is 3.82. The second-order valence-corrected chi connectivity index (χ2v) is 4.91. The van der Waals surface area contributed by atoms with E-state index in [9.17, 15) is 4.79 Å². The molecule has 0 amide bonds. The minimum Gasteiger partial charge on any atom is -0.358 e. The zero-order valence-corrected chi connectivity index (χ0v) is 11.0. The topological polar surface area (TPSA) is 58.9 Å². The first-order chi connectivity index (χ1) is 8.60. The largest absolute Gasteiger partial charge is 0.358 e. The molecule has 2 rings (SSSR count). The summed E-state index contributed by atoms with van der Waals surface area (Å²) in [4.78, 5) is 15.0. The lowest BCUT2D eigenvalue weighted by molar-refractivity contribution is -0.120. The first kappa shape index (κ1) is 12.8. The Balaban J connectivity index is 2.14. The summed E-state index contributed by atoms with van der Waals surface area (Å²) in [6.45, 7) is 4.07. The average molecular weight is 244 g/mol. The third-order valence-corrected chi connectivity index (χ3v) is 3.18. The fourth-order valence-electron chi connectivity index (χ4n) is 2.20. The molecule has 0 fully saturated rings. The molecular weight excluding hydrogens is 224 g/mol. The van der Waals surface area contributed by atoms with Gasteiger partial charge in [-0.05, 0) is 36.9 Å². The van der Waals surface area contributed by atoms with Gasteiger partial charge in [-0.25, -0.2) is 0 Å². The summed E-state index contributed by atoms with van der Waals surface area (Å²) in [7, 11) is 0. The van der Waals surface area contributed by atoms with Crippen molar-refractivity contribution >= 4 is 16.7 Å². The monoisotopic (exact) mass is 244 g/mol. The van der Waals surface area contributed by atoms with Crippen molar-refractivity contribution in [3.8, 4) is 0 Å². The normalized spacial score (nSPS) is 12.8. The molecule has 1 atom stereocenters. The maximum absolute atomic E-state index is 11.7. The smallest absolute Gasteiger partial charge is 0.149 e. The van der Waals surface area contributed by atoms with E-state index in [1.807, 2.05) is 6.92 Å². The SMILES string of the molecule is CCCC(=O)C(N)Cc1cc2cc(C)ccc2[nH]1. The van der Waals surface area contributed by atoms with Crippen LogP contribution in [-0.2, 0) is 11.2 Å². The van der Waals surface area contributed by atoms with Gasteiger partial charge < -0.3 is 10.7 Å². The van der Waals surface area contributed by atoms with Gasteiger partial charge in [-0.3, -0.25) is 4.79 Å². The predicted molar refractivity (Wildman–Crippen MR) is 74.6 cm³/mol. The minimum absolute atomic E-state index is 0.146. The van der Waals surface area contributed by atoms with E-state index in [0.29, 0.717) is 12.8 Å². The van der Waals surface area contributed by atoms with Gasteiger partial charge in [-0.2, -0.15) is 0 Å². The molecule has 0 radical (unpaired) electrons. The molecule has 1 aromatic heterocycles. The summed E-state index contributed by atoms with van der Waals surface area (Å²) in [5.41, 5.74) is 9.29. The van der Waals surface area contributed by atoms with Crippen molar-refractivity contribution in [1.29, 1.82) is 0 Å². The van der Waals surface area contributed by atoms with Crippen molar-refractivity contribution in [2.45, 2.75) is 39.2 Å². The van der Waals surface area contributed by atoms with Crippen LogP contribution in [0.1, 0.15) is 31.0 Å². The van der Waals surface area contributed by atoms with E-state index in [-0.39, 0.29) is 11.8 Å². The van der Waals surface area contributed by atoms with Gasteiger partial charge in [0.1, 0.15) is 5.78 Å². The van der Waals surface area contributed by atoms with E-state index >= 15 is 0 Å². The number of carbonyl (C=O) groups is 1. The molecule has 3 nitrogen and oxygen atoms in total. The number of carbonyl (C=O) groups excluding carboxylic acids is 1. The average Bonchev–Trinajstić information content (AvgIpc) is 2.70. The number of hydrogen-bond donors (Lipinski definition) is 2. The quantitative estimate of drug-likeness (QED) is 0.849. The number of hydrogen-bond acceptors (Lipinski definition) is 2. The molecule has 2 aromatic rings. The van der Waals surface area contributed by atoms with Crippen LogP contribution in [0.2, 0.25) is 0 Å². The molecule has 1 aromatic carbocycles. The maximum atomic E-state index is 11.7. The Labute approximate surface area is 107 Å².